The minimum Gasteiger partial charge on any atom is -0.350 e. The highest BCUT2D eigenvalue weighted by molar-refractivity contribution is 5.87. The van der Waals surface area contributed by atoms with Gasteiger partial charge >= 0.3 is 0 Å². The van der Waals surface area contributed by atoms with Crippen LogP contribution in [0.15, 0.2) is 70.2 Å². The van der Waals surface area contributed by atoms with Gasteiger partial charge in [-0.15, -0.1) is 0 Å². The van der Waals surface area contributed by atoms with Crippen LogP contribution in [0.4, 0.5) is 0 Å². The number of aromatic nitrogens is 3. The molecule has 4 aromatic rings. The van der Waals surface area contributed by atoms with E-state index in [0.717, 1.165) is 17.5 Å². The molecule has 2 aromatic heterocycles. The normalized spacial score (nSPS) is 12.1. The molecule has 0 unspecified atom stereocenters. The Hall–Kier alpha value is -3.74. The molecule has 0 bridgehead atoms. The monoisotopic (exact) mass is 416 g/mol. The first-order valence-electron chi connectivity index (χ1n) is 10.3. The van der Waals surface area contributed by atoms with Crippen molar-refractivity contribution in [3.8, 4) is 11.3 Å². The van der Waals surface area contributed by atoms with E-state index in [0.29, 0.717) is 11.2 Å². The zero-order valence-electron chi connectivity index (χ0n) is 17.5. The van der Waals surface area contributed by atoms with E-state index in [1.165, 1.54) is 16.5 Å². The van der Waals surface area contributed by atoms with Crippen molar-refractivity contribution in [1.82, 2.24) is 20.0 Å². The van der Waals surface area contributed by atoms with Crippen LogP contribution in [-0.2, 0) is 17.8 Å². The molecule has 0 spiro atoms. The Balaban J connectivity index is 1.47. The van der Waals surface area contributed by atoms with Gasteiger partial charge in [0.05, 0.1) is 12.4 Å². The molecule has 7 heteroatoms. The third-order valence-electron chi connectivity index (χ3n) is 5.34. The van der Waals surface area contributed by atoms with Crippen LogP contribution >= 0.6 is 0 Å². The summed E-state index contributed by atoms with van der Waals surface area (Å²) in [5.74, 6) is -0.141. The third-order valence-corrected chi connectivity index (χ3v) is 5.34. The van der Waals surface area contributed by atoms with Crippen molar-refractivity contribution in [2.45, 2.75) is 39.3 Å². The first-order valence-corrected chi connectivity index (χ1v) is 10.3. The Labute approximate surface area is 179 Å². The van der Waals surface area contributed by atoms with Crippen molar-refractivity contribution >= 4 is 17.0 Å². The molecule has 0 fully saturated rings. The van der Waals surface area contributed by atoms with Crippen LogP contribution in [0.3, 0.4) is 0 Å². The molecule has 31 heavy (non-hydrogen) atoms. The summed E-state index contributed by atoms with van der Waals surface area (Å²) in [6.45, 7) is 4.22. The predicted molar refractivity (Wildman–Crippen MR) is 118 cm³/mol. The maximum absolute atomic E-state index is 12.8. The fraction of sp³-hybridized carbons (Fsp3) is 0.250. The summed E-state index contributed by atoms with van der Waals surface area (Å²) in [5.41, 5.74) is 3.79. The topological polar surface area (TPSA) is 90.0 Å². The SMILES string of the molecule is CCc1ccc(-c2noc3c(=O)n(CCC(=O)N[C@H](C)c4ccccc4)cnc23)cc1. The summed E-state index contributed by atoms with van der Waals surface area (Å²) in [4.78, 5) is 29.5. The Morgan fingerprint density at radius 1 is 1.13 bits per heavy atom. The van der Waals surface area contributed by atoms with Crippen LogP contribution < -0.4 is 10.9 Å². The number of hydrogen-bond donors (Lipinski definition) is 1. The van der Waals surface area contributed by atoms with Gasteiger partial charge in [-0.3, -0.25) is 14.2 Å². The van der Waals surface area contributed by atoms with Crippen LogP contribution in [0.25, 0.3) is 22.4 Å². The standard InChI is InChI=1S/C24H24N4O3/c1-3-17-9-11-19(12-10-17)21-22-23(31-27-21)24(30)28(15-25-22)14-13-20(29)26-16(2)18-7-5-4-6-8-18/h4-12,15-16H,3,13-14H2,1-2H3,(H,26,29)/t16-/m1/s1. The summed E-state index contributed by atoms with van der Waals surface area (Å²) in [6, 6.07) is 17.5. The van der Waals surface area contributed by atoms with Crippen LogP contribution in [0.5, 0.6) is 0 Å². The van der Waals surface area contributed by atoms with Crippen molar-refractivity contribution < 1.29 is 9.32 Å². The Morgan fingerprint density at radius 2 is 1.87 bits per heavy atom. The predicted octanol–water partition coefficient (Wildman–Crippen LogP) is 3.88. The molecule has 158 valence electrons. The number of rotatable bonds is 7. The minimum absolute atomic E-state index is 0.0927. The highest BCUT2D eigenvalue weighted by Gasteiger charge is 2.17. The Morgan fingerprint density at radius 3 is 2.58 bits per heavy atom. The molecule has 0 saturated carbocycles. The summed E-state index contributed by atoms with van der Waals surface area (Å²) in [7, 11) is 0. The largest absolute Gasteiger partial charge is 0.350 e. The molecule has 0 radical (unpaired) electrons. The van der Waals surface area contributed by atoms with Gasteiger partial charge in [0.25, 0.3) is 11.1 Å². The Kier molecular flexibility index (Phi) is 5.93. The summed E-state index contributed by atoms with van der Waals surface area (Å²) >= 11 is 0. The van der Waals surface area contributed by atoms with Gasteiger partial charge < -0.3 is 9.84 Å². The number of nitrogens with zero attached hydrogens (tertiary/aromatic N) is 3. The average Bonchev–Trinajstić information content (AvgIpc) is 3.24. The first kappa shape index (κ1) is 20.5. The van der Waals surface area contributed by atoms with Gasteiger partial charge in [0.2, 0.25) is 5.91 Å². The van der Waals surface area contributed by atoms with Gasteiger partial charge in [-0.05, 0) is 24.5 Å². The van der Waals surface area contributed by atoms with Crippen molar-refractivity contribution in [3.63, 3.8) is 0 Å². The van der Waals surface area contributed by atoms with Gasteiger partial charge in [0.1, 0.15) is 11.2 Å². The van der Waals surface area contributed by atoms with E-state index in [1.54, 1.807) is 0 Å². The Bertz CT molecular complexity index is 1240. The molecule has 0 saturated heterocycles. The minimum atomic E-state index is -0.349. The number of fused-ring (bicyclic) bond motifs is 1. The molecule has 0 aliphatic heterocycles. The third kappa shape index (κ3) is 4.40. The number of amides is 1. The fourth-order valence-corrected chi connectivity index (χ4v) is 3.46. The molecule has 1 atom stereocenters. The fourth-order valence-electron chi connectivity index (χ4n) is 3.46. The van der Waals surface area contributed by atoms with Gasteiger partial charge in [-0.1, -0.05) is 66.7 Å². The summed E-state index contributed by atoms with van der Waals surface area (Å²) in [5, 5.41) is 7.01. The van der Waals surface area contributed by atoms with Gasteiger partial charge in [0.15, 0.2) is 0 Å². The molecule has 1 amide bonds. The second kappa shape index (κ2) is 8.95. The quantitative estimate of drug-likeness (QED) is 0.494. The summed E-state index contributed by atoms with van der Waals surface area (Å²) in [6.07, 6.45) is 2.55. The van der Waals surface area contributed by atoms with E-state index in [4.69, 9.17) is 4.52 Å². The second-order valence-corrected chi connectivity index (χ2v) is 7.45. The molecule has 0 aliphatic carbocycles. The highest BCUT2D eigenvalue weighted by atomic mass is 16.5. The van der Waals surface area contributed by atoms with Crippen molar-refractivity contribution in [3.05, 3.63) is 82.4 Å². The average molecular weight is 416 g/mol. The summed E-state index contributed by atoms with van der Waals surface area (Å²) < 4.78 is 6.69. The van der Waals surface area contributed by atoms with E-state index in [2.05, 4.69) is 22.4 Å². The smallest absolute Gasteiger partial charge is 0.299 e. The molecule has 1 N–H and O–H groups in total. The zero-order chi connectivity index (χ0) is 21.8. The lowest BCUT2D eigenvalue weighted by Gasteiger charge is -2.14. The van der Waals surface area contributed by atoms with E-state index in [1.807, 2.05) is 61.5 Å². The van der Waals surface area contributed by atoms with Crippen LogP contribution in [-0.4, -0.2) is 20.6 Å². The molecular weight excluding hydrogens is 392 g/mol. The number of carbonyl (C=O) groups excluding carboxylic acids is 1. The van der Waals surface area contributed by atoms with Crippen molar-refractivity contribution in [1.29, 1.82) is 0 Å². The van der Waals surface area contributed by atoms with Gasteiger partial charge in [0, 0.05) is 18.5 Å². The lowest BCUT2D eigenvalue weighted by molar-refractivity contribution is -0.121. The zero-order valence-corrected chi connectivity index (χ0v) is 17.5. The number of nitrogens with one attached hydrogen (secondary N) is 1. The number of carbonyl (C=O) groups is 1. The van der Waals surface area contributed by atoms with Gasteiger partial charge in [-0.25, -0.2) is 4.98 Å². The van der Waals surface area contributed by atoms with Crippen LogP contribution in [0, 0.1) is 0 Å². The number of hydrogen-bond acceptors (Lipinski definition) is 5. The van der Waals surface area contributed by atoms with E-state index < -0.39 is 0 Å². The van der Waals surface area contributed by atoms with Crippen LogP contribution in [0.2, 0.25) is 0 Å². The number of aryl methyl sites for hydroxylation is 2. The number of benzene rings is 2. The first-order chi connectivity index (χ1) is 15.1. The molecule has 2 heterocycles. The maximum Gasteiger partial charge on any atom is 0.299 e. The molecular formula is C24H24N4O3. The van der Waals surface area contributed by atoms with E-state index >= 15 is 0 Å². The van der Waals surface area contributed by atoms with E-state index in [-0.39, 0.29) is 36.1 Å². The second-order valence-electron chi connectivity index (χ2n) is 7.45. The van der Waals surface area contributed by atoms with Crippen molar-refractivity contribution in [2.75, 3.05) is 0 Å². The molecule has 4 rings (SSSR count). The lowest BCUT2D eigenvalue weighted by Crippen LogP contribution is -2.29. The van der Waals surface area contributed by atoms with Crippen LogP contribution in [0.1, 0.15) is 37.4 Å². The maximum atomic E-state index is 12.8. The highest BCUT2D eigenvalue weighted by Crippen LogP contribution is 2.24. The van der Waals surface area contributed by atoms with Gasteiger partial charge in [-0.2, -0.15) is 0 Å². The van der Waals surface area contributed by atoms with Crippen molar-refractivity contribution in [2.24, 2.45) is 0 Å². The molecule has 2 aromatic carbocycles. The van der Waals surface area contributed by atoms with E-state index in [9.17, 15) is 9.59 Å². The lowest BCUT2D eigenvalue weighted by atomic mass is 10.1. The molecule has 0 aliphatic rings. The molecule has 7 nitrogen and oxygen atoms in total.